The summed E-state index contributed by atoms with van der Waals surface area (Å²) in [4.78, 5) is 22.6. The molecule has 0 radical (unpaired) electrons. The van der Waals surface area contributed by atoms with Gasteiger partial charge in [0.2, 0.25) is 0 Å². The van der Waals surface area contributed by atoms with E-state index in [9.17, 15) is 4.79 Å². The molecule has 2 N–H and O–H groups in total. The average Bonchev–Trinajstić information content (AvgIpc) is 3.44. The van der Waals surface area contributed by atoms with Crippen molar-refractivity contribution in [3.8, 4) is 11.1 Å². The summed E-state index contributed by atoms with van der Waals surface area (Å²) in [5, 5.41) is 4.98. The molecule has 156 valence electrons. The zero-order valence-electron chi connectivity index (χ0n) is 17.4. The second kappa shape index (κ2) is 8.11. The fraction of sp³-hybridized carbons (Fsp3) is 0.417. The van der Waals surface area contributed by atoms with Crippen LogP contribution in [-0.2, 0) is 4.74 Å². The molecule has 1 saturated heterocycles. The average molecular weight is 405 g/mol. The van der Waals surface area contributed by atoms with Gasteiger partial charge < -0.3 is 19.9 Å². The second-order valence-electron chi connectivity index (χ2n) is 8.35. The van der Waals surface area contributed by atoms with Crippen molar-refractivity contribution < 1.29 is 9.53 Å². The number of carbonyl (C=O) groups is 1. The predicted molar refractivity (Wildman–Crippen MR) is 119 cm³/mol. The number of nitrogens with zero attached hydrogens (tertiary/aromatic N) is 2. The Morgan fingerprint density at radius 2 is 1.90 bits per heavy atom. The summed E-state index contributed by atoms with van der Waals surface area (Å²) in [5.74, 6) is 0.0733. The molecule has 1 saturated carbocycles. The Kier molecular flexibility index (Phi) is 5.17. The first kappa shape index (κ1) is 19.1. The van der Waals surface area contributed by atoms with Crippen LogP contribution in [0.5, 0.6) is 0 Å². The smallest absolute Gasteiger partial charge is 0.254 e. The van der Waals surface area contributed by atoms with Crippen LogP contribution in [0.4, 0.5) is 5.69 Å². The van der Waals surface area contributed by atoms with Crippen LogP contribution in [0.3, 0.4) is 0 Å². The van der Waals surface area contributed by atoms with Gasteiger partial charge in [-0.1, -0.05) is 25.0 Å². The fourth-order valence-electron chi connectivity index (χ4n) is 4.64. The summed E-state index contributed by atoms with van der Waals surface area (Å²) < 4.78 is 5.36. The number of aromatic nitrogens is 2. The number of pyridine rings is 1. The number of fused-ring (bicyclic) bond motifs is 1. The van der Waals surface area contributed by atoms with Gasteiger partial charge in [-0.05, 0) is 43.0 Å². The highest BCUT2D eigenvalue weighted by molar-refractivity contribution is 6.01. The first-order valence-electron chi connectivity index (χ1n) is 10.9. The molecule has 0 atom stereocenters. The Morgan fingerprint density at radius 1 is 1.17 bits per heavy atom. The number of hydrogen-bond acceptors (Lipinski definition) is 4. The van der Waals surface area contributed by atoms with E-state index < -0.39 is 0 Å². The third-order valence-corrected chi connectivity index (χ3v) is 6.34. The molecule has 6 nitrogen and oxygen atoms in total. The molecule has 30 heavy (non-hydrogen) atoms. The number of aryl methyl sites for hydroxylation is 1. The van der Waals surface area contributed by atoms with E-state index >= 15 is 0 Å². The third kappa shape index (κ3) is 3.56. The molecule has 2 fully saturated rings. The van der Waals surface area contributed by atoms with Crippen LogP contribution in [-0.4, -0.2) is 53.1 Å². The number of nitrogens with one attached hydrogen (secondary N) is 2. The quantitative estimate of drug-likeness (QED) is 0.678. The van der Waals surface area contributed by atoms with Crippen LogP contribution in [0, 0.1) is 6.92 Å². The van der Waals surface area contributed by atoms with Gasteiger partial charge in [0.05, 0.1) is 18.9 Å². The molecule has 2 aliphatic rings. The summed E-state index contributed by atoms with van der Waals surface area (Å²) in [6, 6.07) is 8.45. The highest BCUT2D eigenvalue weighted by atomic mass is 16.5. The molecular weight excluding hydrogens is 376 g/mol. The lowest BCUT2D eigenvalue weighted by molar-refractivity contribution is 0.0303. The number of amides is 1. The molecule has 5 rings (SSSR count). The molecule has 0 bridgehead atoms. The van der Waals surface area contributed by atoms with Crippen LogP contribution in [0.25, 0.3) is 22.2 Å². The molecule has 3 aromatic rings. The lowest BCUT2D eigenvalue weighted by Gasteiger charge is -2.27. The fourth-order valence-corrected chi connectivity index (χ4v) is 4.64. The molecule has 3 heterocycles. The summed E-state index contributed by atoms with van der Waals surface area (Å²) in [6.45, 7) is 4.66. The van der Waals surface area contributed by atoms with E-state index in [0.717, 1.165) is 33.4 Å². The lowest BCUT2D eigenvalue weighted by atomic mass is 10.00. The van der Waals surface area contributed by atoms with Gasteiger partial charge in [0.15, 0.2) is 0 Å². The molecule has 6 heteroatoms. The van der Waals surface area contributed by atoms with Crippen molar-refractivity contribution in [2.24, 2.45) is 0 Å². The molecule has 0 spiro atoms. The minimum Gasteiger partial charge on any atom is -0.381 e. The van der Waals surface area contributed by atoms with Crippen LogP contribution < -0.4 is 5.32 Å². The number of rotatable bonds is 4. The van der Waals surface area contributed by atoms with Gasteiger partial charge in [-0.3, -0.25) is 4.79 Å². The SMILES string of the molecule is Cc1c[nH]c2ncc(-c3ccc(C(=O)N4CCOCC4)cc3)c(NC3CCCC3)c12. The summed E-state index contributed by atoms with van der Waals surface area (Å²) in [7, 11) is 0. The van der Waals surface area contributed by atoms with Crippen molar-refractivity contribution in [2.75, 3.05) is 31.6 Å². The number of carbonyl (C=O) groups excluding carboxylic acids is 1. The first-order chi connectivity index (χ1) is 14.7. The number of benzene rings is 1. The molecule has 1 amide bonds. The summed E-state index contributed by atoms with van der Waals surface area (Å²) in [5.41, 5.74) is 6.14. The number of morpholine rings is 1. The number of aromatic amines is 1. The Labute approximate surface area is 176 Å². The number of anilines is 1. The molecule has 1 aromatic carbocycles. The van der Waals surface area contributed by atoms with E-state index in [4.69, 9.17) is 4.74 Å². The van der Waals surface area contributed by atoms with E-state index in [1.165, 1.54) is 31.2 Å². The van der Waals surface area contributed by atoms with E-state index in [1.54, 1.807) is 0 Å². The number of H-pyrrole nitrogens is 1. The lowest BCUT2D eigenvalue weighted by Crippen LogP contribution is -2.40. The monoisotopic (exact) mass is 404 g/mol. The molecular formula is C24H28N4O2. The van der Waals surface area contributed by atoms with Gasteiger partial charge in [-0.15, -0.1) is 0 Å². The zero-order valence-corrected chi connectivity index (χ0v) is 17.4. The van der Waals surface area contributed by atoms with E-state index in [0.29, 0.717) is 32.3 Å². The first-order valence-corrected chi connectivity index (χ1v) is 10.9. The van der Waals surface area contributed by atoms with E-state index in [-0.39, 0.29) is 5.91 Å². The predicted octanol–water partition coefficient (Wildman–Crippen LogP) is 4.37. The largest absolute Gasteiger partial charge is 0.381 e. The third-order valence-electron chi connectivity index (χ3n) is 6.34. The van der Waals surface area contributed by atoms with Crippen molar-refractivity contribution in [3.63, 3.8) is 0 Å². The molecule has 2 aromatic heterocycles. The van der Waals surface area contributed by atoms with Crippen molar-refractivity contribution >= 4 is 22.6 Å². The Morgan fingerprint density at radius 3 is 2.63 bits per heavy atom. The van der Waals surface area contributed by atoms with Crippen LogP contribution in [0.1, 0.15) is 41.6 Å². The maximum absolute atomic E-state index is 12.8. The van der Waals surface area contributed by atoms with Gasteiger partial charge in [0, 0.05) is 48.0 Å². The minimum atomic E-state index is 0.0733. The standard InChI is InChI=1S/C24H28N4O2/c1-16-14-25-23-21(16)22(27-19-4-2-3-5-19)20(15-26-23)17-6-8-18(9-7-17)24(29)28-10-12-30-13-11-28/h6-9,14-15,19H,2-5,10-13H2,1H3,(H2,25,26,27). The van der Waals surface area contributed by atoms with Gasteiger partial charge >= 0.3 is 0 Å². The summed E-state index contributed by atoms with van der Waals surface area (Å²) >= 11 is 0. The van der Waals surface area contributed by atoms with Crippen molar-refractivity contribution in [2.45, 2.75) is 38.6 Å². The van der Waals surface area contributed by atoms with Crippen molar-refractivity contribution in [1.29, 1.82) is 0 Å². The zero-order chi connectivity index (χ0) is 20.5. The van der Waals surface area contributed by atoms with Gasteiger partial charge in [-0.25, -0.2) is 4.98 Å². The van der Waals surface area contributed by atoms with Crippen LogP contribution in [0.15, 0.2) is 36.7 Å². The summed E-state index contributed by atoms with van der Waals surface area (Å²) in [6.07, 6.45) is 8.94. The molecule has 1 aliphatic carbocycles. The van der Waals surface area contributed by atoms with Crippen LogP contribution in [0.2, 0.25) is 0 Å². The second-order valence-corrected chi connectivity index (χ2v) is 8.35. The normalized spacial score (nSPS) is 17.6. The van der Waals surface area contributed by atoms with E-state index in [2.05, 4.69) is 22.2 Å². The van der Waals surface area contributed by atoms with Gasteiger partial charge in [0.1, 0.15) is 5.65 Å². The molecule has 1 aliphatic heterocycles. The minimum absolute atomic E-state index is 0.0733. The highest BCUT2D eigenvalue weighted by Gasteiger charge is 2.21. The van der Waals surface area contributed by atoms with Gasteiger partial charge in [-0.2, -0.15) is 0 Å². The van der Waals surface area contributed by atoms with Crippen molar-refractivity contribution in [3.05, 3.63) is 47.8 Å². The Balaban J connectivity index is 1.49. The van der Waals surface area contributed by atoms with E-state index in [1.807, 2.05) is 41.6 Å². The Hall–Kier alpha value is -2.86. The number of ether oxygens (including phenoxy) is 1. The van der Waals surface area contributed by atoms with Gasteiger partial charge in [0.25, 0.3) is 5.91 Å². The number of hydrogen-bond donors (Lipinski definition) is 2. The molecule has 0 unspecified atom stereocenters. The maximum atomic E-state index is 12.8. The Bertz CT molecular complexity index is 1050. The topological polar surface area (TPSA) is 70.2 Å². The highest BCUT2D eigenvalue weighted by Crippen LogP contribution is 2.37. The maximum Gasteiger partial charge on any atom is 0.254 e. The van der Waals surface area contributed by atoms with Crippen molar-refractivity contribution in [1.82, 2.24) is 14.9 Å². The van der Waals surface area contributed by atoms with Crippen LogP contribution >= 0.6 is 0 Å².